The lowest BCUT2D eigenvalue weighted by atomic mass is 10.0. The van der Waals surface area contributed by atoms with E-state index in [2.05, 4.69) is 0 Å². The number of sulfone groups is 1. The predicted molar refractivity (Wildman–Crippen MR) is 114 cm³/mol. The van der Waals surface area contributed by atoms with Crippen molar-refractivity contribution in [2.75, 3.05) is 19.4 Å². The molecular weight excluding hydrogens is 386 g/mol. The molecule has 0 unspecified atom stereocenters. The molecule has 0 spiro atoms. The summed E-state index contributed by atoms with van der Waals surface area (Å²) in [5.74, 6) is 0.522. The Bertz CT molecular complexity index is 920. The van der Waals surface area contributed by atoms with Gasteiger partial charge in [-0.2, -0.15) is 0 Å². The zero-order valence-corrected chi connectivity index (χ0v) is 18.0. The number of methoxy groups -OCH3 is 1. The van der Waals surface area contributed by atoms with Crippen LogP contribution < -0.4 is 4.74 Å². The number of carbonyl (C=O) groups excluding carboxylic acids is 1. The summed E-state index contributed by atoms with van der Waals surface area (Å²) in [6.45, 7) is 2.58. The lowest BCUT2D eigenvalue weighted by Crippen LogP contribution is -2.35. The first-order valence-corrected chi connectivity index (χ1v) is 11.8. The minimum absolute atomic E-state index is 0.00284. The molecular formula is C23H29NO4S. The van der Waals surface area contributed by atoms with Crippen molar-refractivity contribution in [2.45, 2.75) is 50.0 Å². The fraction of sp³-hybridized carbons (Fsp3) is 0.435. The molecule has 6 heteroatoms. The minimum atomic E-state index is -3.48. The van der Waals surface area contributed by atoms with Gasteiger partial charge in [-0.1, -0.05) is 42.7 Å². The Morgan fingerprint density at radius 1 is 1.03 bits per heavy atom. The molecule has 5 nitrogen and oxygen atoms in total. The Morgan fingerprint density at radius 3 is 2.38 bits per heavy atom. The Balaban J connectivity index is 1.73. The zero-order valence-electron chi connectivity index (χ0n) is 17.1. The van der Waals surface area contributed by atoms with Gasteiger partial charge in [-0.3, -0.25) is 4.79 Å². The van der Waals surface area contributed by atoms with Crippen molar-refractivity contribution in [3.05, 3.63) is 59.7 Å². The summed E-state index contributed by atoms with van der Waals surface area (Å²) in [4.78, 5) is 15.2. The number of hydrogen-bond donors (Lipinski definition) is 0. The smallest absolute Gasteiger partial charge is 0.224 e. The third-order valence-corrected chi connectivity index (χ3v) is 7.27. The second-order valence-electron chi connectivity index (χ2n) is 7.61. The maximum absolute atomic E-state index is 13.0. The van der Waals surface area contributed by atoms with Crippen LogP contribution in [0.2, 0.25) is 0 Å². The van der Waals surface area contributed by atoms with E-state index in [1.807, 2.05) is 36.1 Å². The summed E-state index contributed by atoms with van der Waals surface area (Å²) < 4.78 is 30.5. The first-order valence-electron chi connectivity index (χ1n) is 10.1. The fourth-order valence-corrected chi connectivity index (χ4v) is 5.04. The third kappa shape index (κ3) is 5.38. The van der Waals surface area contributed by atoms with Crippen LogP contribution in [0.3, 0.4) is 0 Å². The van der Waals surface area contributed by atoms with Crippen molar-refractivity contribution in [1.82, 2.24) is 4.90 Å². The van der Waals surface area contributed by atoms with E-state index in [0.29, 0.717) is 6.54 Å². The lowest BCUT2D eigenvalue weighted by Gasteiger charge is -2.30. The average Bonchev–Trinajstić information content (AvgIpc) is 2.99. The molecule has 1 fully saturated rings. The van der Waals surface area contributed by atoms with Crippen LogP contribution in [0.1, 0.15) is 49.3 Å². The average molecular weight is 416 g/mol. The van der Waals surface area contributed by atoms with Gasteiger partial charge in [0.05, 0.1) is 23.8 Å². The molecule has 156 valence electrons. The van der Waals surface area contributed by atoms with Crippen LogP contribution in [-0.2, 0) is 14.6 Å². The third-order valence-electron chi connectivity index (χ3n) is 5.54. The van der Waals surface area contributed by atoms with Crippen LogP contribution in [0.5, 0.6) is 5.75 Å². The Kier molecular flexibility index (Phi) is 6.96. The van der Waals surface area contributed by atoms with E-state index in [-0.39, 0.29) is 29.0 Å². The van der Waals surface area contributed by atoms with Crippen LogP contribution in [0.25, 0.3) is 0 Å². The van der Waals surface area contributed by atoms with Gasteiger partial charge < -0.3 is 9.64 Å². The van der Waals surface area contributed by atoms with Gasteiger partial charge in [0.15, 0.2) is 9.84 Å². The highest BCUT2D eigenvalue weighted by molar-refractivity contribution is 7.91. The lowest BCUT2D eigenvalue weighted by molar-refractivity contribution is -0.133. The molecule has 0 radical (unpaired) electrons. The van der Waals surface area contributed by atoms with E-state index in [1.54, 1.807) is 31.4 Å². The minimum Gasteiger partial charge on any atom is -0.497 e. The molecule has 29 heavy (non-hydrogen) atoms. The van der Waals surface area contributed by atoms with Gasteiger partial charge in [-0.15, -0.1) is 0 Å². The highest BCUT2D eigenvalue weighted by Gasteiger charge is 2.28. The number of ether oxygens (including phenoxy) is 1. The standard InChI is InChI=1S/C23H29NO4S/c1-18-7-13-21(14-8-18)29(26,27)17-15-23(25)24-16-5-3-4-6-22(24)19-9-11-20(28-2)12-10-19/h7-14,22H,3-6,15-17H2,1-2H3/t22-/m1/s1. The normalized spacial score (nSPS) is 17.6. The molecule has 1 aliphatic heterocycles. The van der Waals surface area contributed by atoms with E-state index in [0.717, 1.165) is 42.6 Å². The molecule has 3 rings (SSSR count). The first kappa shape index (κ1) is 21.4. The number of rotatable bonds is 6. The van der Waals surface area contributed by atoms with Gasteiger partial charge in [0.25, 0.3) is 0 Å². The molecule has 2 aromatic carbocycles. The molecule has 1 saturated heterocycles. The second-order valence-corrected chi connectivity index (χ2v) is 9.72. The molecule has 0 saturated carbocycles. The van der Waals surface area contributed by atoms with Crippen molar-refractivity contribution in [3.8, 4) is 5.75 Å². The summed E-state index contributed by atoms with van der Waals surface area (Å²) in [7, 11) is -1.85. The maximum Gasteiger partial charge on any atom is 0.224 e. The first-order chi connectivity index (χ1) is 13.9. The Hall–Kier alpha value is -2.34. The highest BCUT2D eigenvalue weighted by atomic mass is 32.2. The van der Waals surface area contributed by atoms with Crippen molar-refractivity contribution in [2.24, 2.45) is 0 Å². The van der Waals surface area contributed by atoms with E-state index in [4.69, 9.17) is 4.74 Å². The summed E-state index contributed by atoms with van der Waals surface area (Å²) >= 11 is 0. The predicted octanol–water partition coefficient (Wildman–Crippen LogP) is 4.31. The molecule has 1 heterocycles. The van der Waals surface area contributed by atoms with Gasteiger partial charge in [-0.25, -0.2) is 8.42 Å². The van der Waals surface area contributed by atoms with Crippen LogP contribution in [0, 0.1) is 6.92 Å². The van der Waals surface area contributed by atoms with Gasteiger partial charge in [0.2, 0.25) is 5.91 Å². The SMILES string of the molecule is COc1ccc([C@H]2CCCCCN2C(=O)CCS(=O)(=O)c2ccc(C)cc2)cc1. The van der Waals surface area contributed by atoms with Crippen LogP contribution >= 0.6 is 0 Å². The molecule has 1 amide bonds. The number of amides is 1. The van der Waals surface area contributed by atoms with Gasteiger partial charge in [-0.05, 0) is 49.6 Å². The maximum atomic E-state index is 13.0. The summed E-state index contributed by atoms with van der Waals surface area (Å²) in [5, 5.41) is 0. The molecule has 0 N–H and O–H groups in total. The number of nitrogens with zero attached hydrogens (tertiary/aromatic N) is 1. The number of hydrogen-bond acceptors (Lipinski definition) is 4. The fourth-order valence-electron chi connectivity index (χ4n) is 3.81. The largest absolute Gasteiger partial charge is 0.497 e. The number of benzene rings is 2. The monoisotopic (exact) mass is 415 g/mol. The Labute approximate surface area is 173 Å². The molecule has 0 bridgehead atoms. The molecule has 0 aliphatic carbocycles. The summed E-state index contributed by atoms with van der Waals surface area (Å²) in [6.07, 6.45) is 3.98. The van der Waals surface area contributed by atoms with Crippen molar-refractivity contribution in [3.63, 3.8) is 0 Å². The van der Waals surface area contributed by atoms with Crippen molar-refractivity contribution in [1.29, 1.82) is 0 Å². The van der Waals surface area contributed by atoms with Crippen molar-refractivity contribution < 1.29 is 17.9 Å². The number of carbonyl (C=O) groups is 1. The van der Waals surface area contributed by atoms with E-state index < -0.39 is 9.84 Å². The van der Waals surface area contributed by atoms with Gasteiger partial charge >= 0.3 is 0 Å². The molecule has 2 aromatic rings. The van der Waals surface area contributed by atoms with Crippen molar-refractivity contribution >= 4 is 15.7 Å². The molecule has 1 atom stereocenters. The van der Waals surface area contributed by atoms with Gasteiger partial charge in [0, 0.05) is 13.0 Å². The van der Waals surface area contributed by atoms with Crippen LogP contribution in [0.15, 0.2) is 53.4 Å². The van der Waals surface area contributed by atoms with Gasteiger partial charge in [0.1, 0.15) is 5.75 Å². The summed E-state index contributed by atoms with van der Waals surface area (Å²) in [5.41, 5.74) is 2.08. The van der Waals surface area contributed by atoms with Crippen LogP contribution in [0.4, 0.5) is 0 Å². The van der Waals surface area contributed by atoms with E-state index >= 15 is 0 Å². The van der Waals surface area contributed by atoms with E-state index in [9.17, 15) is 13.2 Å². The quantitative estimate of drug-likeness (QED) is 0.705. The highest BCUT2D eigenvalue weighted by Crippen LogP contribution is 2.31. The second kappa shape index (κ2) is 9.44. The number of aryl methyl sites for hydroxylation is 1. The number of likely N-dealkylation sites (tertiary alicyclic amines) is 1. The molecule has 0 aromatic heterocycles. The molecule has 1 aliphatic rings. The summed E-state index contributed by atoms with van der Waals surface area (Å²) in [6, 6.07) is 14.6. The topological polar surface area (TPSA) is 63.7 Å². The van der Waals surface area contributed by atoms with E-state index in [1.165, 1.54) is 0 Å². The van der Waals surface area contributed by atoms with Crippen LogP contribution in [-0.4, -0.2) is 38.6 Å². The Morgan fingerprint density at radius 2 is 1.72 bits per heavy atom. The zero-order chi connectivity index (χ0) is 20.9.